The van der Waals surface area contributed by atoms with E-state index in [0.29, 0.717) is 10.9 Å². The summed E-state index contributed by atoms with van der Waals surface area (Å²) in [6, 6.07) is 8.10. The second-order valence-corrected chi connectivity index (χ2v) is 4.17. The van der Waals surface area contributed by atoms with Crippen molar-refractivity contribution < 1.29 is 8.78 Å². The van der Waals surface area contributed by atoms with Crippen LogP contribution in [0.3, 0.4) is 0 Å². The van der Waals surface area contributed by atoms with Gasteiger partial charge in [0.1, 0.15) is 11.6 Å². The maximum Gasteiger partial charge on any atom is 0.136 e. The number of hydrogen-bond acceptors (Lipinski definition) is 0. The molecule has 1 nitrogen and oxygen atoms in total. The summed E-state index contributed by atoms with van der Waals surface area (Å²) in [5, 5.41) is 1.29. The van der Waals surface area contributed by atoms with E-state index < -0.39 is 11.6 Å². The lowest BCUT2D eigenvalue weighted by Gasteiger charge is -1.97. The van der Waals surface area contributed by atoms with Crippen LogP contribution in [0.25, 0.3) is 21.8 Å². The molecule has 0 aliphatic rings. The summed E-state index contributed by atoms with van der Waals surface area (Å²) < 4.78 is 26.9. The van der Waals surface area contributed by atoms with Crippen molar-refractivity contribution in [2.75, 3.05) is 0 Å². The average Bonchev–Trinajstić information content (AvgIpc) is 2.65. The monoisotopic (exact) mass is 231 g/mol. The van der Waals surface area contributed by atoms with Crippen LogP contribution in [0.5, 0.6) is 0 Å². The van der Waals surface area contributed by atoms with E-state index in [1.54, 1.807) is 0 Å². The van der Waals surface area contributed by atoms with E-state index in [1.165, 1.54) is 6.07 Å². The summed E-state index contributed by atoms with van der Waals surface area (Å²) >= 11 is 0. The minimum Gasteiger partial charge on any atom is -0.354 e. The van der Waals surface area contributed by atoms with Crippen LogP contribution < -0.4 is 0 Å². The van der Waals surface area contributed by atoms with E-state index in [1.807, 2.05) is 25.1 Å². The molecular formula is C14H11F2N. The van der Waals surface area contributed by atoms with Crippen LogP contribution >= 0.6 is 0 Å². The fourth-order valence-electron chi connectivity index (χ4n) is 2.22. The van der Waals surface area contributed by atoms with E-state index in [0.717, 1.165) is 29.0 Å². The largest absolute Gasteiger partial charge is 0.354 e. The highest BCUT2D eigenvalue weighted by molar-refractivity contribution is 6.07. The third kappa shape index (κ3) is 1.50. The van der Waals surface area contributed by atoms with Gasteiger partial charge in [0, 0.05) is 22.4 Å². The molecule has 3 heteroatoms. The lowest BCUT2D eigenvalue weighted by Crippen LogP contribution is -1.81. The molecule has 0 spiro atoms. The van der Waals surface area contributed by atoms with Gasteiger partial charge in [-0.25, -0.2) is 8.78 Å². The molecular weight excluding hydrogens is 220 g/mol. The minimum atomic E-state index is -0.558. The molecule has 1 N–H and O–H groups in total. The normalized spacial score (nSPS) is 11.5. The zero-order valence-electron chi connectivity index (χ0n) is 9.35. The predicted molar refractivity (Wildman–Crippen MR) is 65.1 cm³/mol. The van der Waals surface area contributed by atoms with Crippen molar-refractivity contribution in [1.29, 1.82) is 0 Å². The van der Waals surface area contributed by atoms with Gasteiger partial charge in [-0.15, -0.1) is 0 Å². The summed E-state index contributed by atoms with van der Waals surface area (Å²) in [6.45, 7) is 2.05. The number of aryl methyl sites for hydroxylation is 1. The van der Waals surface area contributed by atoms with Crippen LogP contribution in [0.4, 0.5) is 8.78 Å². The molecule has 3 rings (SSSR count). The molecule has 0 aliphatic carbocycles. The Hall–Kier alpha value is -1.90. The van der Waals surface area contributed by atoms with E-state index in [-0.39, 0.29) is 0 Å². The molecule has 17 heavy (non-hydrogen) atoms. The van der Waals surface area contributed by atoms with Crippen molar-refractivity contribution in [2.45, 2.75) is 13.3 Å². The first kappa shape index (κ1) is 10.3. The molecule has 0 aliphatic heterocycles. The molecule has 0 fully saturated rings. The van der Waals surface area contributed by atoms with Gasteiger partial charge < -0.3 is 4.98 Å². The summed E-state index contributed by atoms with van der Waals surface area (Å²) in [7, 11) is 0. The molecule has 0 saturated carbocycles. The van der Waals surface area contributed by atoms with Gasteiger partial charge in [0.05, 0.1) is 5.52 Å². The molecule has 86 valence electrons. The zero-order valence-corrected chi connectivity index (χ0v) is 9.35. The van der Waals surface area contributed by atoms with Crippen LogP contribution in [0.15, 0.2) is 30.3 Å². The maximum atomic E-state index is 13.8. The molecule has 0 bridgehead atoms. The maximum absolute atomic E-state index is 13.8. The number of nitrogens with one attached hydrogen (secondary N) is 1. The molecule has 0 amide bonds. The predicted octanol–water partition coefficient (Wildman–Crippen LogP) is 4.16. The summed E-state index contributed by atoms with van der Waals surface area (Å²) in [5.41, 5.74) is 2.48. The Kier molecular flexibility index (Phi) is 2.15. The highest BCUT2D eigenvalue weighted by atomic mass is 19.1. The number of aromatic nitrogens is 1. The fraction of sp³-hybridized carbons (Fsp3) is 0.143. The van der Waals surface area contributed by atoms with Crippen LogP contribution in [0.2, 0.25) is 0 Å². The van der Waals surface area contributed by atoms with Crippen molar-refractivity contribution in [3.8, 4) is 0 Å². The van der Waals surface area contributed by atoms with Crippen LogP contribution in [0.1, 0.15) is 12.5 Å². The Morgan fingerprint density at radius 3 is 2.65 bits per heavy atom. The Bertz CT molecular complexity index is 713. The number of aromatic amines is 1. The molecule has 1 aromatic heterocycles. The number of halogens is 2. The standard InChI is InChI=1S/C14H11F2N/c1-2-8-3-4-12-10(5-8)14-11(16)6-9(15)7-13(14)17-12/h3-7,17H,2H2,1H3. The first-order valence-electron chi connectivity index (χ1n) is 5.58. The van der Waals surface area contributed by atoms with Crippen LogP contribution in [-0.2, 0) is 6.42 Å². The number of rotatable bonds is 1. The van der Waals surface area contributed by atoms with Gasteiger partial charge >= 0.3 is 0 Å². The van der Waals surface area contributed by atoms with Gasteiger partial charge in [-0.1, -0.05) is 13.0 Å². The van der Waals surface area contributed by atoms with Crippen molar-refractivity contribution in [3.63, 3.8) is 0 Å². The average molecular weight is 231 g/mol. The Labute approximate surface area is 97.1 Å². The lowest BCUT2D eigenvalue weighted by atomic mass is 10.1. The van der Waals surface area contributed by atoms with Gasteiger partial charge in [0.25, 0.3) is 0 Å². The van der Waals surface area contributed by atoms with E-state index >= 15 is 0 Å². The van der Waals surface area contributed by atoms with E-state index in [4.69, 9.17) is 0 Å². The molecule has 0 unspecified atom stereocenters. The summed E-state index contributed by atoms with van der Waals surface area (Å²) in [4.78, 5) is 3.03. The third-order valence-corrected chi connectivity index (χ3v) is 3.09. The van der Waals surface area contributed by atoms with Crippen LogP contribution in [-0.4, -0.2) is 4.98 Å². The molecule has 0 atom stereocenters. The van der Waals surface area contributed by atoms with Crippen molar-refractivity contribution in [3.05, 3.63) is 47.5 Å². The second kappa shape index (κ2) is 3.55. The van der Waals surface area contributed by atoms with Crippen molar-refractivity contribution in [1.82, 2.24) is 4.98 Å². The molecule has 1 heterocycles. The molecule has 2 aromatic carbocycles. The Balaban J connectivity index is 2.48. The Morgan fingerprint density at radius 2 is 1.88 bits per heavy atom. The number of H-pyrrole nitrogens is 1. The fourth-order valence-corrected chi connectivity index (χ4v) is 2.22. The topological polar surface area (TPSA) is 15.8 Å². The van der Waals surface area contributed by atoms with Crippen LogP contribution in [0, 0.1) is 11.6 Å². The van der Waals surface area contributed by atoms with Crippen molar-refractivity contribution in [2.24, 2.45) is 0 Å². The third-order valence-electron chi connectivity index (χ3n) is 3.09. The van der Waals surface area contributed by atoms with Gasteiger partial charge in [0.15, 0.2) is 0 Å². The highest BCUT2D eigenvalue weighted by Crippen LogP contribution is 2.29. The molecule has 0 radical (unpaired) electrons. The lowest BCUT2D eigenvalue weighted by molar-refractivity contribution is 0.592. The Morgan fingerprint density at radius 1 is 1.06 bits per heavy atom. The molecule has 0 saturated heterocycles. The number of benzene rings is 2. The van der Waals surface area contributed by atoms with Crippen molar-refractivity contribution >= 4 is 21.8 Å². The van der Waals surface area contributed by atoms with Gasteiger partial charge in [0.2, 0.25) is 0 Å². The zero-order chi connectivity index (χ0) is 12.0. The van der Waals surface area contributed by atoms with E-state index in [2.05, 4.69) is 4.98 Å². The number of fused-ring (bicyclic) bond motifs is 3. The summed E-state index contributed by atoms with van der Waals surface area (Å²) in [5.74, 6) is -1.07. The quantitative estimate of drug-likeness (QED) is 0.647. The van der Waals surface area contributed by atoms with E-state index in [9.17, 15) is 8.78 Å². The van der Waals surface area contributed by atoms with Gasteiger partial charge in [-0.2, -0.15) is 0 Å². The smallest absolute Gasteiger partial charge is 0.136 e. The van der Waals surface area contributed by atoms with Gasteiger partial charge in [-0.3, -0.25) is 0 Å². The summed E-state index contributed by atoms with van der Waals surface area (Å²) in [6.07, 6.45) is 0.894. The molecule has 3 aromatic rings. The second-order valence-electron chi connectivity index (χ2n) is 4.17. The first-order chi connectivity index (χ1) is 8.19. The number of hydrogen-bond donors (Lipinski definition) is 1. The highest BCUT2D eigenvalue weighted by Gasteiger charge is 2.10. The van der Waals surface area contributed by atoms with Gasteiger partial charge in [-0.05, 0) is 30.2 Å². The first-order valence-corrected chi connectivity index (χ1v) is 5.58. The minimum absolute atomic E-state index is 0.469. The SMILES string of the molecule is CCc1ccc2[nH]c3cc(F)cc(F)c3c2c1.